The molecule has 12 heavy (non-hydrogen) atoms. The number of carbonyl (C=O) groups is 1. The van der Waals surface area contributed by atoms with Gasteiger partial charge in [-0.1, -0.05) is 19.9 Å². The van der Waals surface area contributed by atoms with E-state index >= 15 is 0 Å². The normalized spacial score (nSPS) is 14.0. The summed E-state index contributed by atoms with van der Waals surface area (Å²) in [5.41, 5.74) is 0. The van der Waals surface area contributed by atoms with Crippen molar-refractivity contribution in [2.45, 2.75) is 39.2 Å². The van der Waals surface area contributed by atoms with Gasteiger partial charge in [0.15, 0.2) is 0 Å². The van der Waals surface area contributed by atoms with Gasteiger partial charge in [0.05, 0.1) is 6.10 Å². The van der Waals surface area contributed by atoms with E-state index in [9.17, 15) is 9.90 Å². The zero-order valence-corrected chi connectivity index (χ0v) is 7.86. The number of aldehydes is 1. The third kappa shape index (κ3) is 7.48. The molecular weight excluding hydrogens is 152 g/mol. The molecule has 0 heterocycles. The zero-order chi connectivity index (χ0) is 9.40. The average Bonchev–Trinajstić information content (AvgIpc) is 2.01. The van der Waals surface area contributed by atoms with Gasteiger partial charge in [0.25, 0.3) is 0 Å². The van der Waals surface area contributed by atoms with E-state index in [1.165, 1.54) is 6.08 Å². The van der Waals surface area contributed by atoms with E-state index in [1.54, 1.807) is 6.08 Å². The van der Waals surface area contributed by atoms with Crippen molar-refractivity contribution < 1.29 is 9.90 Å². The Kier molecular flexibility index (Phi) is 6.67. The number of hydrogen-bond donors (Lipinski definition) is 1. The molecule has 0 aliphatic rings. The molecule has 2 nitrogen and oxygen atoms in total. The van der Waals surface area contributed by atoms with Crippen molar-refractivity contribution >= 4 is 6.29 Å². The maximum atomic E-state index is 9.88. The topological polar surface area (TPSA) is 37.3 Å². The second-order valence-corrected chi connectivity index (χ2v) is 3.42. The van der Waals surface area contributed by atoms with Crippen molar-refractivity contribution in [1.29, 1.82) is 0 Å². The molecule has 1 N–H and O–H groups in total. The maximum Gasteiger partial charge on any atom is 0.142 e. The van der Waals surface area contributed by atoms with Crippen molar-refractivity contribution in [1.82, 2.24) is 0 Å². The van der Waals surface area contributed by atoms with Crippen LogP contribution in [-0.2, 0) is 4.79 Å². The fourth-order valence-electron chi connectivity index (χ4n) is 0.935. The van der Waals surface area contributed by atoms with Gasteiger partial charge in [0.1, 0.15) is 6.29 Å². The van der Waals surface area contributed by atoms with Crippen LogP contribution >= 0.6 is 0 Å². The summed E-state index contributed by atoms with van der Waals surface area (Å²) in [7, 11) is 0. The summed E-state index contributed by atoms with van der Waals surface area (Å²) in [5, 5.41) is 9.36. The molecule has 0 fully saturated rings. The Hall–Kier alpha value is -0.630. The van der Waals surface area contributed by atoms with E-state index < -0.39 is 0 Å². The van der Waals surface area contributed by atoms with Gasteiger partial charge >= 0.3 is 0 Å². The van der Waals surface area contributed by atoms with Crippen LogP contribution in [0.2, 0.25) is 0 Å². The van der Waals surface area contributed by atoms with Crippen molar-refractivity contribution in [2.24, 2.45) is 5.92 Å². The van der Waals surface area contributed by atoms with E-state index in [0.717, 1.165) is 19.1 Å². The molecule has 0 aromatic rings. The summed E-state index contributed by atoms with van der Waals surface area (Å²) in [6.07, 6.45) is 6.03. The number of hydrogen-bond acceptors (Lipinski definition) is 2. The largest absolute Gasteiger partial charge is 0.393 e. The van der Waals surface area contributed by atoms with E-state index in [1.807, 2.05) is 0 Å². The molecule has 0 aromatic heterocycles. The molecule has 2 heteroatoms. The summed E-state index contributed by atoms with van der Waals surface area (Å²) >= 11 is 0. The highest BCUT2D eigenvalue weighted by molar-refractivity contribution is 5.64. The Balaban J connectivity index is 3.39. The molecule has 0 saturated carbocycles. The number of aliphatic hydroxyl groups is 1. The van der Waals surface area contributed by atoms with E-state index in [-0.39, 0.29) is 6.10 Å². The standard InChI is InChI=1S/C10H18O2/c1-9(2)6-7-10(12)5-3-4-8-11/h3-4,8-10,12H,5-7H2,1-2H3. The summed E-state index contributed by atoms with van der Waals surface area (Å²) in [4.78, 5) is 9.88. The van der Waals surface area contributed by atoms with Crippen LogP contribution in [0.3, 0.4) is 0 Å². The molecule has 0 aliphatic heterocycles. The van der Waals surface area contributed by atoms with Gasteiger partial charge in [-0.15, -0.1) is 0 Å². The highest BCUT2D eigenvalue weighted by Gasteiger charge is 2.02. The SMILES string of the molecule is CC(C)CCC(O)CC=CC=O. The fraction of sp³-hybridized carbons (Fsp3) is 0.700. The second-order valence-electron chi connectivity index (χ2n) is 3.42. The lowest BCUT2D eigenvalue weighted by molar-refractivity contribution is -0.104. The Labute approximate surface area is 74.3 Å². The first-order valence-corrected chi connectivity index (χ1v) is 4.45. The molecular formula is C10H18O2. The molecule has 0 bridgehead atoms. The first-order valence-electron chi connectivity index (χ1n) is 4.45. The number of aliphatic hydroxyl groups excluding tert-OH is 1. The van der Waals surface area contributed by atoms with E-state index in [2.05, 4.69) is 13.8 Å². The summed E-state index contributed by atoms with van der Waals surface area (Å²) < 4.78 is 0. The van der Waals surface area contributed by atoms with Gasteiger partial charge in [0, 0.05) is 0 Å². The van der Waals surface area contributed by atoms with Gasteiger partial charge in [-0.25, -0.2) is 0 Å². The smallest absolute Gasteiger partial charge is 0.142 e. The third-order valence-corrected chi connectivity index (χ3v) is 1.70. The van der Waals surface area contributed by atoms with Gasteiger partial charge < -0.3 is 5.11 Å². The van der Waals surface area contributed by atoms with Crippen molar-refractivity contribution in [3.05, 3.63) is 12.2 Å². The molecule has 70 valence electrons. The van der Waals surface area contributed by atoms with Crippen molar-refractivity contribution in [3.63, 3.8) is 0 Å². The van der Waals surface area contributed by atoms with Crippen LogP contribution < -0.4 is 0 Å². The van der Waals surface area contributed by atoms with Crippen LogP contribution in [0.1, 0.15) is 33.1 Å². The molecule has 0 rings (SSSR count). The number of allylic oxidation sites excluding steroid dienone is 1. The Morgan fingerprint density at radius 2 is 2.00 bits per heavy atom. The third-order valence-electron chi connectivity index (χ3n) is 1.70. The number of carbonyl (C=O) groups excluding carboxylic acids is 1. The van der Waals surface area contributed by atoms with E-state index in [4.69, 9.17) is 0 Å². The average molecular weight is 170 g/mol. The van der Waals surface area contributed by atoms with Crippen LogP contribution in [0.5, 0.6) is 0 Å². The van der Waals surface area contributed by atoms with Crippen molar-refractivity contribution in [3.8, 4) is 0 Å². The quantitative estimate of drug-likeness (QED) is 0.488. The molecule has 0 spiro atoms. The minimum Gasteiger partial charge on any atom is -0.393 e. The lowest BCUT2D eigenvalue weighted by atomic mass is 10.0. The van der Waals surface area contributed by atoms with Gasteiger partial charge in [-0.05, 0) is 31.3 Å². The van der Waals surface area contributed by atoms with Crippen LogP contribution in [0.4, 0.5) is 0 Å². The van der Waals surface area contributed by atoms with Crippen LogP contribution in [0, 0.1) is 5.92 Å². The zero-order valence-electron chi connectivity index (χ0n) is 7.86. The highest BCUT2D eigenvalue weighted by Crippen LogP contribution is 2.09. The molecule has 0 radical (unpaired) electrons. The molecule has 0 aromatic carbocycles. The van der Waals surface area contributed by atoms with E-state index in [0.29, 0.717) is 12.3 Å². The lowest BCUT2D eigenvalue weighted by Gasteiger charge is -2.08. The first-order chi connectivity index (χ1) is 5.66. The molecule has 0 amide bonds. The summed E-state index contributed by atoms with van der Waals surface area (Å²) in [6, 6.07) is 0. The molecule has 1 unspecified atom stereocenters. The van der Waals surface area contributed by atoms with Crippen LogP contribution in [0.15, 0.2) is 12.2 Å². The Morgan fingerprint density at radius 1 is 1.33 bits per heavy atom. The fourth-order valence-corrected chi connectivity index (χ4v) is 0.935. The Morgan fingerprint density at radius 3 is 2.50 bits per heavy atom. The second kappa shape index (κ2) is 7.04. The van der Waals surface area contributed by atoms with Gasteiger partial charge in [-0.2, -0.15) is 0 Å². The molecule has 1 atom stereocenters. The monoisotopic (exact) mass is 170 g/mol. The summed E-state index contributed by atoms with van der Waals surface area (Å²) in [6.45, 7) is 4.27. The van der Waals surface area contributed by atoms with Crippen LogP contribution in [0.25, 0.3) is 0 Å². The van der Waals surface area contributed by atoms with Crippen LogP contribution in [-0.4, -0.2) is 17.5 Å². The molecule has 0 saturated heterocycles. The minimum atomic E-state index is -0.288. The predicted molar refractivity (Wildman–Crippen MR) is 49.9 cm³/mol. The van der Waals surface area contributed by atoms with Gasteiger partial charge in [0.2, 0.25) is 0 Å². The maximum absolute atomic E-state index is 9.88. The Bertz CT molecular complexity index is 139. The summed E-state index contributed by atoms with van der Waals surface area (Å²) in [5.74, 6) is 0.634. The van der Waals surface area contributed by atoms with Crippen molar-refractivity contribution in [2.75, 3.05) is 0 Å². The lowest BCUT2D eigenvalue weighted by Crippen LogP contribution is -2.06. The first kappa shape index (κ1) is 11.4. The minimum absolute atomic E-state index is 0.288. The molecule has 0 aliphatic carbocycles. The number of rotatable bonds is 6. The van der Waals surface area contributed by atoms with Gasteiger partial charge in [-0.3, -0.25) is 4.79 Å². The highest BCUT2D eigenvalue weighted by atomic mass is 16.3. The predicted octanol–water partition coefficient (Wildman–Crippen LogP) is 1.93.